The molecule has 0 fully saturated rings. The molecule has 0 bridgehead atoms. The van der Waals surface area contributed by atoms with E-state index >= 15 is 0 Å². The van der Waals surface area contributed by atoms with Crippen LogP contribution < -0.4 is 4.74 Å². The highest BCUT2D eigenvalue weighted by atomic mass is 32.2. The van der Waals surface area contributed by atoms with Gasteiger partial charge in [0.1, 0.15) is 23.1 Å². The fourth-order valence-electron chi connectivity index (χ4n) is 3.89. The van der Waals surface area contributed by atoms with Gasteiger partial charge in [-0.2, -0.15) is 9.40 Å². The average Bonchev–Trinajstić information content (AvgIpc) is 2.90. The van der Waals surface area contributed by atoms with Crippen molar-refractivity contribution in [3.8, 4) is 5.75 Å². The van der Waals surface area contributed by atoms with Crippen LogP contribution in [-0.2, 0) is 41.6 Å². The lowest BCUT2D eigenvalue weighted by Crippen LogP contribution is -2.33. The van der Waals surface area contributed by atoms with Crippen molar-refractivity contribution in [2.24, 2.45) is 7.05 Å². The summed E-state index contributed by atoms with van der Waals surface area (Å²) in [5.41, 5.74) is 3.50. The van der Waals surface area contributed by atoms with Gasteiger partial charge < -0.3 is 9.47 Å². The van der Waals surface area contributed by atoms with Gasteiger partial charge >= 0.3 is 0 Å². The zero-order valence-electron chi connectivity index (χ0n) is 18.3. The molecule has 0 saturated heterocycles. The molecule has 2 heterocycles. The third-order valence-corrected chi connectivity index (χ3v) is 7.64. The largest absolute Gasteiger partial charge is 0.492 e. The van der Waals surface area contributed by atoms with Gasteiger partial charge in [0.15, 0.2) is 0 Å². The van der Waals surface area contributed by atoms with Crippen LogP contribution in [0.1, 0.15) is 28.1 Å². The van der Waals surface area contributed by atoms with E-state index in [2.05, 4.69) is 5.10 Å². The van der Waals surface area contributed by atoms with E-state index in [9.17, 15) is 12.8 Å². The van der Waals surface area contributed by atoms with Gasteiger partial charge in [-0.15, -0.1) is 0 Å². The Kier molecular flexibility index (Phi) is 6.32. The first-order valence-corrected chi connectivity index (χ1v) is 11.8. The molecule has 0 saturated carbocycles. The summed E-state index contributed by atoms with van der Waals surface area (Å²) in [6, 6.07) is 11.9. The molecule has 7 nitrogen and oxygen atoms in total. The first-order valence-electron chi connectivity index (χ1n) is 10.3. The molecule has 0 atom stereocenters. The Labute approximate surface area is 187 Å². The Bertz CT molecular complexity index is 1240. The number of hydrogen-bond acceptors (Lipinski definition) is 5. The number of aryl methyl sites for hydroxylation is 2. The van der Waals surface area contributed by atoms with Crippen LogP contribution in [0.25, 0.3) is 0 Å². The van der Waals surface area contributed by atoms with Crippen LogP contribution in [0.3, 0.4) is 0 Å². The minimum absolute atomic E-state index is 0.198. The monoisotopic (exact) mass is 459 g/mol. The summed E-state index contributed by atoms with van der Waals surface area (Å²) in [5, 5.41) is 4.26. The molecule has 3 aromatic rings. The Hall–Kier alpha value is -2.75. The van der Waals surface area contributed by atoms with Gasteiger partial charge in [0.2, 0.25) is 10.0 Å². The number of ether oxygens (including phenoxy) is 2. The normalized spacial score (nSPS) is 14.6. The highest BCUT2D eigenvalue weighted by molar-refractivity contribution is 7.89. The summed E-state index contributed by atoms with van der Waals surface area (Å²) >= 11 is 0. The predicted molar refractivity (Wildman–Crippen MR) is 117 cm³/mol. The molecule has 1 aliphatic heterocycles. The lowest BCUT2D eigenvalue weighted by molar-refractivity contribution is 0.107. The van der Waals surface area contributed by atoms with E-state index in [1.165, 1.54) is 16.4 Å². The maximum atomic E-state index is 13.4. The van der Waals surface area contributed by atoms with Crippen LogP contribution in [0.15, 0.2) is 47.4 Å². The molecule has 9 heteroatoms. The first-order chi connectivity index (χ1) is 15.3. The fourth-order valence-corrected chi connectivity index (χ4v) is 5.69. The van der Waals surface area contributed by atoms with Crippen LogP contribution >= 0.6 is 0 Å². The maximum Gasteiger partial charge on any atom is 0.247 e. The number of fused-ring (bicyclic) bond motifs is 1. The summed E-state index contributed by atoms with van der Waals surface area (Å²) in [6.07, 6.45) is 0. The summed E-state index contributed by atoms with van der Waals surface area (Å²) in [7, 11) is -2.00. The van der Waals surface area contributed by atoms with E-state index < -0.39 is 10.0 Å². The second-order valence-corrected chi connectivity index (χ2v) is 9.75. The zero-order chi connectivity index (χ0) is 22.9. The van der Waals surface area contributed by atoms with Crippen molar-refractivity contribution >= 4 is 10.0 Å². The molecule has 0 aliphatic carbocycles. The van der Waals surface area contributed by atoms with Crippen LogP contribution in [0, 0.1) is 19.7 Å². The molecule has 170 valence electrons. The zero-order valence-corrected chi connectivity index (χ0v) is 19.2. The van der Waals surface area contributed by atoms with Gasteiger partial charge in [-0.25, -0.2) is 12.8 Å². The van der Waals surface area contributed by atoms with Gasteiger partial charge in [-0.1, -0.05) is 18.2 Å². The maximum absolute atomic E-state index is 13.4. The number of sulfonamides is 1. The average molecular weight is 460 g/mol. The van der Waals surface area contributed by atoms with E-state index in [1.54, 1.807) is 37.7 Å². The lowest BCUT2D eigenvalue weighted by Gasteiger charge is -2.20. The lowest BCUT2D eigenvalue weighted by atomic mass is 10.1. The number of aromatic nitrogens is 2. The molecular weight excluding hydrogens is 433 g/mol. The second kappa shape index (κ2) is 9.01. The van der Waals surface area contributed by atoms with E-state index in [0.717, 1.165) is 16.7 Å². The number of nitrogens with zero attached hydrogens (tertiary/aromatic N) is 3. The predicted octanol–water partition coefficient (Wildman–Crippen LogP) is 3.48. The number of rotatable bonds is 6. The summed E-state index contributed by atoms with van der Waals surface area (Å²) in [4.78, 5) is 0.248. The molecule has 0 N–H and O–H groups in total. The number of halogens is 1. The minimum Gasteiger partial charge on any atom is -0.492 e. The van der Waals surface area contributed by atoms with Crippen LogP contribution in [0.4, 0.5) is 4.39 Å². The SMILES string of the molecule is Cc1nn(C)c(C)c1S(=O)(=O)N1CCOc2ccc(COCc3cccc(F)c3)cc2C1. The Morgan fingerprint density at radius 3 is 2.56 bits per heavy atom. The van der Waals surface area contributed by atoms with E-state index in [0.29, 0.717) is 23.7 Å². The molecule has 0 spiro atoms. The third-order valence-electron chi connectivity index (χ3n) is 5.54. The molecule has 4 rings (SSSR count). The summed E-state index contributed by atoms with van der Waals surface area (Å²) in [6.45, 7) is 4.77. The van der Waals surface area contributed by atoms with Gasteiger partial charge in [0, 0.05) is 25.7 Å². The standard InChI is InChI=1S/C23H26FN3O4S/c1-16-23(17(2)26(3)25-16)32(28,29)27-9-10-31-22-8-7-19(11-20(22)13-27)15-30-14-18-5-4-6-21(24)12-18/h4-8,11-12H,9-10,13-15H2,1-3H3. The van der Waals surface area contributed by atoms with Crippen molar-refractivity contribution in [2.45, 2.75) is 38.5 Å². The van der Waals surface area contributed by atoms with Crippen molar-refractivity contribution in [1.82, 2.24) is 14.1 Å². The van der Waals surface area contributed by atoms with Gasteiger partial charge in [0.05, 0.1) is 24.6 Å². The van der Waals surface area contributed by atoms with Gasteiger partial charge in [0.25, 0.3) is 0 Å². The Morgan fingerprint density at radius 2 is 1.88 bits per heavy atom. The fraction of sp³-hybridized carbons (Fsp3) is 0.348. The number of hydrogen-bond donors (Lipinski definition) is 0. The highest BCUT2D eigenvalue weighted by Crippen LogP contribution is 2.30. The molecular formula is C23H26FN3O4S. The molecule has 2 aromatic carbocycles. The highest BCUT2D eigenvalue weighted by Gasteiger charge is 2.32. The van der Waals surface area contributed by atoms with Gasteiger partial charge in [-0.05, 0) is 49.2 Å². The van der Waals surface area contributed by atoms with Gasteiger partial charge in [-0.3, -0.25) is 4.68 Å². The molecule has 0 radical (unpaired) electrons. The van der Waals surface area contributed by atoms with E-state index in [1.807, 2.05) is 18.2 Å². The van der Waals surface area contributed by atoms with Crippen molar-refractivity contribution in [3.05, 3.63) is 76.4 Å². The molecule has 1 aliphatic rings. The quantitative estimate of drug-likeness (QED) is 0.564. The smallest absolute Gasteiger partial charge is 0.247 e. The van der Waals surface area contributed by atoms with Crippen molar-refractivity contribution in [3.63, 3.8) is 0 Å². The molecule has 0 unspecified atom stereocenters. The van der Waals surface area contributed by atoms with Crippen LogP contribution in [0.5, 0.6) is 5.75 Å². The van der Waals surface area contributed by atoms with Crippen LogP contribution in [-0.4, -0.2) is 35.7 Å². The Morgan fingerprint density at radius 1 is 1.12 bits per heavy atom. The molecule has 32 heavy (non-hydrogen) atoms. The topological polar surface area (TPSA) is 73.7 Å². The van der Waals surface area contributed by atoms with Crippen molar-refractivity contribution in [1.29, 1.82) is 0 Å². The third kappa shape index (κ3) is 4.55. The first kappa shape index (κ1) is 22.4. The summed E-state index contributed by atoms with van der Waals surface area (Å²) < 4.78 is 54.7. The number of benzene rings is 2. The Balaban J connectivity index is 1.52. The van der Waals surface area contributed by atoms with E-state index in [4.69, 9.17) is 9.47 Å². The minimum atomic E-state index is -3.74. The molecule has 0 amide bonds. The van der Waals surface area contributed by atoms with Crippen molar-refractivity contribution in [2.75, 3.05) is 13.2 Å². The van der Waals surface area contributed by atoms with E-state index in [-0.39, 0.29) is 37.0 Å². The molecule has 1 aromatic heterocycles. The van der Waals surface area contributed by atoms with Crippen molar-refractivity contribution < 1.29 is 22.3 Å². The van der Waals surface area contributed by atoms with Crippen LogP contribution in [0.2, 0.25) is 0 Å². The summed E-state index contributed by atoms with van der Waals surface area (Å²) in [5.74, 6) is 0.366. The second-order valence-electron chi connectivity index (χ2n) is 7.88.